The highest BCUT2D eigenvalue weighted by Crippen LogP contribution is 2.23. The minimum absolute atomic E-state index is 0.0111. The molecular formula is C20H23NO6S. The van der Waals surface area contributed by atoms with Gasteiger partial charge in [0.05, 0.1) is 17.6 Å². The average molecular weight is 405 g/mol. The van der Waals surface area contributed by atoms with E-state index >= 15 is 0 Å². The van der Waals surface area contributed by atoms with Crippen LogP contribution in [0.4, 0.5) is 0 Å². The van der Waals surface area contributed by atoms with E-state index in [9.17, 15) is 18.0 Å². The molecule has 0 aliphatic heterocycles. The Bertz CT molecular complexity index is 998. The highest BCUT2D eigenvalue weighted by atomic mass is 32.2. The van der Waals surface area contributed by atoms with Crippen molar-refractivity contribution in [1.29, 1.82) is 0 Å². The Hall–Kier alpha value is -2.71. The first-order valence-electron chi connectivity index (χ1n) is 8.65. The third kappa shape index (κ3) is 4.96. The first kappa shape index (κ1) is 21.6. The summed E-state index contributed by atoms with van der Waals surface area (Å²) < 4.78 is 37.3. The zero-order valence-electron chi connectivity index (χ0n) is 16.2. The van der Waals surface area contributed by atoms with Crippen LogP contribution in [0, 0.1) is 6.92 Å². The molecule has 0 bridgehead atoms. The molecule has 0 atom stereocenters. The fraction of sp³-hybridized carbons (Fsp3) is 0.300. The second-order valence-electron chi connectivity index (χ2n) is 6.14. The van der Waals surface area contributed by atoms with Crippen molar-refractivity contribution in [3.8, 4) is 5.75 Å². The number of carbonyl (C=O) groups excluding carboxylic acids is 2. The molecule has 0 spiro atoms. The van der Waals surface area contributed by atoms with Gasteiger partial charge in [0.2, 0.25) is 10.0 Å². The Kier molecular flexibility index (Phi) is 6.93. The van der Waals surface area contributed by atoms with Gasteiger partial charge in [0.1, 0.15) is 12.4 Å². The third-order valence-electron chi connectivity index (χ3n) is 4.12. The number of ketones is 1. The smallest absolute Gasteiger partial charge is 0.338 e. The predicted molar refractivity (Wildman–Crippen MR) is 104 cm³/mol. The lowest BCUT2D eigenvalue weighted by Gasteiger charge is -2.12. The number of aryl methyl sites for hydroxylation is 1. The number of rotatable bonds is 8. The van der Waals surface area contributed by atoms with Crippen molar-refractivity contribution in [2.45, 2.75) is 32.3 Å². The van der Waals surface area contributed by atoms with Gasteiger partial charge in [-0.1, -0.05) is 13.0 Å². The Balaban J connectivity index is 2.27. The van der Waals surface area contributed by atoms with Crippen LogP contribution in [-0.2, 0) is 21.4 Å². The molecule has 0 unspecified atom stereocenters. The van der Waals surface area contributed by atoms with Crippen molar-refractivity contribution in [2.24, 2.45) is 0 Å². The van der Waals surface area contributed by atoms with Crippen molar-refractivity contribution in [3.63, 3.8) is 0 Å². The molecule has 0 saturated carbocycles. The molecule has 0 saturated heterocycles. The number of nitrogens with one attached hydrogen (secondary N) is 1. The minimum atomic E-state index is -3.69. The van der Waals surface area contributed by atoms with Gasteiger partial charge >= 0.3 is 5.97 Å². The van der Waals surface area contributed by atoms with E-state index in [-0.39, 0.29) is 29.4 Å². The summed E-state index contributed by atoms with van der Waals surface area (Å²) >= 11 is 0. The van der Waals surface area contributed by atoms with Gasteiger partial charge in [-0.3, -0.25) is 4.79 Å². The third-order valence-corrected chi connectivity index (χ3v) is 5.66. The molecule has 0 aliphatic carbocycles. The first-order valence-corrected chi connectivity index (χ1v) is 10.1. The highest BCUT2D eigenvalue weighted by molar-refractivity contribution is 7.89. The quantitative estimate of drug-likeness (QED) is 0.536. The SMILES string of the molecule is CCNS(=O)(=O)c1ccc(C)c(C(=O)OCc2cc(C(C)=O)ccc2OC)c1. The Morgan fingerprint density at radius 2 is 1.82 bits per heavy atom. The largest absolute Gasteiger partial charge is 0.496 e. The molecule has 7 nitrogen and oxygen atoms in total. The number of ether oxygens (including phenoxy) is 2. The molecule has 1 N–H and O–H groups in total. The highest BCUT2D eigenvalue weighted by Gasteiger charge is 2.19. The second-order valence-corrected chi connectivity index (χ2v) is 7.90. The van der Waals surface area contributed by atoms with Gasteiger partial charge in [-0.2, -0.15) is 0 Å². The van der Waals surface area contributed by atoms with E-state index in [2.05, 4.69) is 4.72 Å². The molecule has 150 valence electrons. The Morgan fingerprint density at radius 3 is 2.43 bits per heavy atom. The number of Topliss-reactive ketones (excluding diaryl/α,β-unsaturated/α-hetero) is 1. The molecule has 0 amide bonds. The van der Waals surface area contributed by atoms with Crippen LogP contribution in [-0.4, -0.2) is 33.8 Å². The van der Waals surface area contributed by atoms with E-state index in [0.717, 1.165) is 0 Å². The average Bonchev–Trinajstić information content (AvgIpc) is 2.65. The zero-order chi connectivity index (χ0) is 20.9. The van der Waals surface area contributed by atoms with Crippen LogP contribution >= 0.6 is 0 Å². The molecule has 8 heteroatoms. The maximum atomic E-state index is 12.5. The van der Waals surface area contributed by atoms with E-state index in [4.69, 9.17) is 9.47 Å². The number of sulfonamides is 1. The van der Waals surface area contributed by atoms with Crippen LogP contribution in [0.25, 0.3) is 0 Å². The van der Waals surface area contributed by atoms with Crippen LogP contribution in [0.2, 0.25) is 0 Å². The topological polar surface area (TPSA) is 98.8 Å². The first-order chi connectivity index (χ1) is 13.2. The molecule has 0 fully saturated rings. The van der Waals surface area contributed by atoms with Gasteiger partial charge in [-0.15, -0.1) is 0 Å². The van der Waals surface area contributed by atoms with Crippen LogP contribution < -0.4 is 9.46 Å². The normalized spacial score (nSPS) is 11.1. The van der Waals surface area contributed by atoms with E-state index in [1.165, 1.54) is 26.2 Å². The molecule has 28 heavy (non-hydrogen) atoms. The summed E-state index contributed by atoms with van der Waals surface area (Å²) in [7, 11) is -2.21. The minimum Gasteiger partial charge on any atom is -0.496 e. The number of esters is 1. The van der Waals surface area contributed by atoms with Crippen molar-refractivity contribution in [3.05, 3.63) is 58.7 Å². The fourth-order valence-corrected chi connectivity index (χ4v) is 3.66. The predicted octanol–water partition coefficient (Wildman–Crippen LogP) is 2.86. The van der Waals surface area contributed by atoms with E-state index in [1.54, 1.807) is 38.1 Å². The van der Waals surface area contributed by atoms with Crippen LogP contribution in [0.3, 0.4) is 0 Å². The fourth-order valence-electron chi connectivity index (χ4n) is 2.59. The van der Waals surface area contributed by atoms with E-state index in [0.29, 0.717) is 22.4 Å². The van der Waals surface area contributed by atoms with Gasteiger partial charge in [-0.05, 0) is 49.7 Å². The lowest BCUT2D eigenvalue weighted by molar-refractivity contribution is 0.0469. The van der Waals surface area contributed by atoms with Crippen LogP contribution in [0.1, 0.15) is 45.7 Å². The Labute approximate surface area is 164 Å². The van der Waals surface area contributed by atoms with Crippen molar-refractivity contribution >= 4 is 21.8 Å². The molecule has 2 aromatic carbocycles. The van der Waals surface area contributed by atoms with Gasteiger partial charge < -0.3 is 9.47 Å². The van der Waals surface area contributed by atoms with Crippen molar-refractivity contribution < 1.29 is 27.5 Å². The summed E-state index contributed by atoms with van der Waals surface area (Å²) in [5, 5.41) is 0. The zero-order valence-corrected chi connectivity index (χ0v) is 17.1. The molecular weight excluding hydrogens is 382 g/mol. The lowest BCUT2D eigenvalue weighted by Crippen LogP contribution is -2.23. The van der Waals surface area contributed by atoms with Crippen molar-refractivity contribution in [1.82, 2.24) is 4.72 Å². The number of hydrogen-bond acceptors (Lipinski definition) is 6. The molecule has 2 aromatic rings. The van der Waals surface area contributed by atoms with Gasteiger partial charge in [0, 0.05) is 17.7 Å². The number of benzene rings is 2. The summed E-state index contributed by atoms with van der Waals surface area (Å²) in [4.78, 5) is 24.1. The number of hydrogen-bond donors (Lipinski definition) is 1. The van der Waals surface area contributed by atoms with Gasteiger partial charge in [0.15, 0.2) is 5.78 Å². The standard InChI is InChI=1S/C20H23NO6S/c1-5-21-28(24,25)17-8-6-13(2)18(11-17)20(23)27-12-16-10-15(14(3)22)7-9-19(16)26-4/h6-11,21H,5,12H2,1-4H3. The number of carbonyl (C=O) groups is 2. The summed E-state index contributed by atoms with van der Waals surface area (Å²) in [5.41, 5.74) is 1.75. The molecule has 0 aliphatic rings. The molecule has 0 heterocycles. The molecule has 0 aromatic heterocycles. The van der Waals surface area contributed by atoms with Crippen LogP contribution in [0.5, 0.6) is 5.75 Å². The molecule has 0 radical (unpaired) electrons. The van der Waals surface area contributed by atoms with Crippen molar-refractivity contribution in [2.75, 3.05) is 13.7 Å². The Morgan fingerprint density at radius 1 is 1.11 bits per heavy atom. The maximum absolute atomic E-state index is 12.5. The molecule has 2 rings (SSSR count). The number of methoxy groups -OCH3 is 1. The summed E-state index contributed by atoms with van der Waals surface area (Å²) in [6, 6.07) is 9.15. The van der Waals surface area contributed by atoms with E-state index in [1.807, 2.05) is 0 Å². The summed E-state index contributed by atoms with van der Waals surface area (Å²) in [5.74, 6) is -0.299. The van der Waals surface area contributed by atoms with Gasteiger partial charge in [0.25, 0.3) is 0 Å². The van der Waals surface area contributed by atoms with Crippen LogP contribution in [0.15, 0.2) is 41.3 Å². The summed E-state index contributed by atoms with van der Waals surface area (Å²) in [6.07, 6.45) is 0. The maximum Gasteiger partial charge on any atom is 0.338 e. The monoisotopic (exact) mass is 405 g/mol. The lowest BCUT2D eigenvalue weighted by atomic mass is 10.1. The van der Waals surface area contributed by atoms with Gasteiger partial charge in [-0.25, -0.2) is 17.9 Å². The summed E-state index contributed by atoms with van der Waals surface area (Å²) in [6.45, 7) is 4.92. The van der Waals surface area contributed by atoms with E-state index < -0.39 is 16.0 Å². The second kappa shape index (κ2) is 8.99.